The zero-order valence-electron chi connectivity index (χ0n) is 5.26. The third kappa shape index (κ3) is 1.21. The molecule has 1 rings (SSSR count). The van der Waals surface area contributed by atoms with E-state index < -0.39 is 16.9 Å². The molecule has 0 radical (unpaired) electrons. The van der Waals surface area contributed by atoms with Gasteiger partial charge in [-0.05, 0) is 10.4 Å². The Labute approximate surface area is 62.0 Å². The molecule has 12 heavy (non-hydrogen) atoms. The summed E-state index contributed by atoms with van der Waals surface area (Å²) in [6.07, 6.45) is -5.50. The second kappa shape index (κ2) is 2.35. The number of tetrazole rings is 1. The van der Waals surface area contributed by atoms with Crippen molar-refractivity contribution in [2.45, 2.75) is 12.2 Å². The van der Waals surface area contributed by atoms with Crippen LogP contribution in [0.2, 0.25) is 0 Å². The van der Waals surface area contributed by atoms with Gasteiger partial charge in [0.15, 0.2) is 0 Å². The maximum Gasteiger partial charge on any atom is 0.477 e. The summed E-state index contributed by atoms with van der Waals surface area (Å²) in [7, 11) is 0. The molecule has 0 aliphatic rings. The largest absolute Gasteiger partial charge is 0.477 e. The van der Waals surface area contributed by atoms with Gasteiger partial charge in [-0.2, -0.15) is 26.6 Å². The third-order valence-electron chi connectivity index (χ3n) is 0.978. The molecule has 0 N–H and O–H groups in total. The molecule has 0 amide bonds. The summed E-state index contributed by atoms with van der Waals surface area (Å²) in [6, 6.07) is -5.06. The van der Waals surface area contributed by atoms with E-state index in [0.29, 0.717) is 0 Å². The zero-order chi connectivity index (χ0) is 9.41. The van der Waals surface area contributed by atoms with E-state index in [4.69, 9.17) is 0 Å². The van der Waals surface area contributed by atoms with Crippen molar-refractivity contribution in [1.29, 1.82) is 0 Å². The van der Waals surface area contributed by atoms with Gasteiger partial charge in [0.05, 0.1) is 0 Å². The van der Waals surface area contributed by atoms with Crippen molar-refractivity contribution in [3.05, 3.63) is 6.33 Å². The van der Waals surface area contributed by atoms with Gasteiger partial charge in [0.25, 0.3) is 0 Å². The van der Waals surface area contributed by atoms with Gasteiger partial charge >= 0.3 is 12.2 Å². The smallest absolute Gasteiger partial charge is 0.170 e. The molecule has 1 aromatic heterocycles. The molecule has 68 valence electrons. The Kier molecular flexibility index (Phi) is 1.73. The summed E-state index contributed by atoms with van der Waals surface area (Å²) in [5.41, 5.74) is 0. The fourth-order valence-corrected chi connectivity index (χ4v) is 0.420. The summed E-state index contributed by atoms with van der Waals surface area (Å²) in [5, 5.41) is 7.75. The monoisotopic (exact) mass is 188 g/mol. The van der Waals surface area contributed by atoms with E-state index in [1.54, 1.807) is 0 Å². The van der Waals surface area contributed by atoms with Crippen molar-refractivity contribution >= 4 is 0 Å². The van der Waals surface area contributed by atoms with Crippen LogP contribution in [-0.4, -0.2) is 26.4 Å². The molecule has 1 heterocycles. The van der Waals surface area contributed by atoms with Crippen molar-refractivity contribution in [1.82, 2.24) is 20.2 Å². The highest BCUT2D eigenvalue weighted by molar-refractivity contribution is 4.70. The summed E-state index contributed by atoms with van der Waals surface area (Å²) in [4.78, 5) is 0. The molecule has 0 aromatic carbocycles. The van der Waals surface area contributed by atoms with Gasteiger partial charge in [-0.15, -0.1) is 5.10 Å². The minimum absolute atomic E-state index is 0.188. The van der Waals surface area contributed by atoms with Crippen molar-refractivity contribution in [2.75, 3.05) is 0 Å². The topological polar surface area (TPSA) is 43.6 Å². The van der Waals surface area contributed by atoms with E-state index in [2.05, 4.69) is 15.5 Å². The van der Waals surface area contributed by atoms with E-state index in [1.165, 1.54) is 0 Å². The Bertz CT molecular complexity index is 250. The number of hydrogen-bond donors (Lipinski definition) is 0. The van der Waals surface area contributed by atoms with Gasteiger partial charge in [-0.3, -0.25) is 0 Å². The van der Waals surface area contributed by atoms with Gasteiger partial charge in [0.2, 0.25) is 0 Å². The van der Waals surface area contributed by atoms with Crippen LogP contribution in [0.25, 0.3) is 0 Å². The maximum atomic E-state index is 12.2. The van der Waals surface area contributed by atoms with Crippen LogP contribution in [0.3, 0.4) is 0 Å². The van der Waals surface area contributed by atoms with Gasteiger partial charge in [0.1, 0.15) is 6.33 Å². The average molecular weight is 188 g/mol. The third-order valence-corrected chi connectivity index (χ3v) is 0.978. The van der Waals surface area contributed by atoms with Gasteiger partial charge in [-0.1, -0.05) is 0 Å². The molecular formula is C3HF5N4. The van der Waals surface area contributed by atoms with Crippen LogP contribution >= 0.6 is 0 Å². The molecule has 0 aliphatic heterocycles. The van der Waals surface area contributed by atoms with Gasteiger partial charge < -0.3 is 0 Å². The first-order valence-corrected chi connectivity index (χ1v) is 2.53. The molecule has 0 saturated carbocycles. The van der Waals surface area contributed by atoms with Gasteiger partial charge in [-0.25, -0.2) is 0 Å². The minimum Gasteiger partial charge on any atom is -0.170 e. The number of rotatable bonds is 1. The highest BCUT2D eigenvalue weighted by atomic mass is 19.4. The molecule has 0 fully saturated rings. The molecular weight excluding hydrogens is 187 g/mol. The van der Waals surface area contributed by atoms with Crippen LogP contribution in [0.1, 0.15) is 0 Å². The summed E-state index contributed by atoms with van der Waals surface area (Å²) in [5.74, 6) is 0. The highest BCUT2D eigenvalue weighted by Crippen LogP contribution is 2.38. The lowest BCUT2D eigenvalue weighted by Gasteiger charge is -2.17. The Morgan fingerprint density at radius 1 is 1.08 bits per heavy atom. The predicted octanol–water partition coefficient (Wildman–Crippen LogP) is 0.785. The Hall–Kier alpha value is -1.28. The molecule has 4 nitrogen and oxygen atoms in total. The summed E-state index contributed by atoms with van der Waals surface area (Å²) < 4.78 is 58.3. The lowest BCUT2D eigenvalue weighted by atomic mass is 10.5. The lowest BCUT2D eigenvalue weighted by Crippen LogP contribution is -2.40. The highest BCUT2D eigenvalue weighted by Gasteiger charge is 2.60. The standard InChI is InChI=1S/C3HF5N4/c4-2(5,6)3(7,8)12-1-9-10-11-12/h1H. The quantitative estimate of drug-likeness (QED) is 0.611. The molecule has 0 spiro atoms. The molecule has 9 heteroatoms. The molecule has 0 aliphatic carbocycles. The summed E-state index contributed by atoms with van der Waals surface area (Å²) >= 11 is 0. The first-order chi connectivity index (χ1) is 5.36. The number of aromatic nitrogens is 4. The van der Waals surface area contributed by atoms with Crippen molar-refractivity contribution in [3.63, 3.8) is 0 Å². The molecule has 0 atom stereocenters. The van der Waals surface area contributed by atoms with Crippen LogP contribution in [0.4, 0.5) is 22.0 Å². The van der Waals surface area contributed by atoms with E-state index in [0.717, 1.165) is 0 Å². The Morgan fingerprint density at radius 2 is 1.67 bits per heavy atom. The van der Waals surface area contributed by atoms with Crippen LogP contribution < -0.4 is 0 Å². The van der Waals surface area contributed by atoms with Crippen molar-refractivity contribution < 1.29 is 22.0 Å². The van der Waals surface area contributed by atoms with Gasteiger partial charge in [0, 0.05) is 0 Å². The number of halogens is 5. The summed E-state index contributed by atoms with van der Waals surface area (Å²) in [6.45, 7) is 0. The average Bonchev–Trinajstić information content (AvgIpc) is 2.34. The van der Waals surface area contributed by atoms with Crippen LogP contribution in [0, 0.1) is 0 Å². The fraction of sp³-hybridized carbons (Fsp3) is 0.667. The number of alkyl halides is 5. The van der Waals surface area contributed by atoms with Crippen molar-refractivity contribution in [2.24, 2.45) is 0 Å². The van der Waals surface area contributed by atoms with E-state index >= 15 is 0 Å². The van der Waals surface area contributed by atoms with Crippen LogP contribution in [0.15, 0.2) is 6.33 Å². The normalized spacial score (nSPS) is 13.4. The second-order valence-electron chi connectivity index (χ2n) is 1.79. The molecule has 1 aromatic rings. The predicted molar refractivity (Wildman–Crippen MR) is 24.1 cm³/mol. The second-order valence-corrected chi connectivity index (χ2v) is 1.79. The van der Waals surface area contributed by atoms with Crippen molar-refractivity contribution in [3.8, 4) is 0 Å². The number of nitrogens with zero attached hydrogens (tertiary/aromatic N) is 4. The Balaban J connectivity index is 3.02. The molecule has 0 unspecified atom stereocenters. The molecule has 0 bridgehead atoms. The lowest BCUT2D eigenvalue weighted by molar-refractivity contribution is -0.328. The first kappa shape index (κ1) is 8.81. The zero-order valence-corrected chi connectivity index (χ0v) is 5.26. The van der Waals surface area contributed by atoms with Crippen LogP contribution in [0.5, 0.6) is 0 Å². The first-order valence-electron chi connectivity index (χ1n) is 2.53. The maximum absolute atomic E-state index is 12.2. The molecule has 0 saturated heterocycles. The van der Waals surface area contributed by atoms with E-state index in [-0.39, 0.29) is 6.33 Å². The van der Waals surface area contributed by atoms with E-state index in [1.807, 2.05) is 0 Å². The van der Waals surface area contributed by atoms with Crippen LogP contribution in [-0.2, 0) is 6.05 Å². The fourth-order valence-electron chi connectivity index (χ4n) is 0.420. The SMILES string of the molecule is FC(F)(F)C(F)(F)n1cnnn1. The Morgan fingerprint density at radius 3 is 2.00 bits per heavy atom. The number of hydrogen-bond acceptors (Lipinski definition) is 3. The minimum atomic E-state index is -5.69. The van der Waals surface area contributed by atoms with E-state index in [9.17, 15) is 22.0 Å².